The van der Waals surface area contributed by atoms with Gasteiger partial charge in [0, 0.05) is 18.3 Å². The van der Waals surface area contributed by atoms with E-state index >= 15 is 0 Å². The second-order valence-corrected chi connectivity index (χ2v) is 11.9. The van der Waals surface area contributed by atoms with E-state index in [1.165, 1.54) is 22.9 Å². The van der Waals surface area contributed by atoms with Gasteiger partial charge in [-0.3, -0.25) is 9.59 Å². The highest BCUT2D eigenvalue weighted by Crippen LogP contribution is 2.57. The first-order valence-electron chi connectivity index (χ1n) is 12.1. The molecule has 1 fully saturated rings. The molecular formula is C27H41NO3S. The van der Waals surface area contributed by atoms with Crippen molar-refractivity contribution in [3.05, 3.63) is 33.8 Å². The maximum Gasteiger partial charge on any atom is 0.258 e. The summed E-state index contributed by atoms with van der Waals surface area (Å²) in [4.78, 5) is 28.0. The minimum atomic E-state index is -1.45. The maximum absolute atomic E-state index is 14.3. The molecule has 0 aromatic heterocycles. The zero-order valence-corrected chi connectivity index (χ0v) is 21.9. The summed E-state index contributed by atoms with van der Waals surface area (Å²) < 4.78 is 0. The lowest BCUT2D eigenvalue weighted by molar-refractivity contribution is -0.129. The molecule has 0 spiro atoms. The first-order valence-corrected chi connectivity index (χ1v) is 13.3. The second-order valence-electron chi connectivity index (χ2n) is 11.1. The van der Waals surface area contributed by atoms with E-state index in [4.69, 9.17) is 0 Å². The van der Waals surface area contributed by atoms with Gasteiger partial charge in [0.15, 0.2) is 11.5 Å². The highest BCUT2D eigenvalue weighted by atomic mass is 32.2. The van der Waals surface area contributed by atoms with Gasteiger partial charge in [0.25, 0.3) is 5.91 Å². The molecule has 1 aliphatic heterocycles. The predicted octanol–water partition coefficient (Wildman–Crippen LogP) is 5.64. The van der Waals surface area contributed by atoms with E-state index in [-0.39, 0.29) is 40.4 Å². The number of hydrogen-bond acceptors (Lipinski definition) is 4. The molecule has 0 bridgehead atoms. The van der Waals surface area contributed by atoms with Crippen molar-refractivity contribution in [1.82, 2.24) is 5.32 Å². The van der Waals surface area contributed by atoms with Crippen LogP contribution < -0.4 is 5.32 Å². The van der Waals surface area contributed by atoms with Gasteiger partial charge in [0.1, 0.15) is 0 Å². The van der Waals surface area contributed by atoms with Crippen molar-refractivity contribution in [2.75, 3.05) is 6.26 Å². The van der Waals surface area contributed by atoms with Crippen LogP contribution in [0.5, 0.6) is 0 Å². The molecule has 0 aromatic carbocycles. The molecule has 0 radical (unpaired) electrons. The van der Waals surface area contributed by atoms with E-state index in [2.05, 4.69) is 45.2 Å². The fraction of sp³-hybridized carbons (Fsp3) is 0.704. The number of carbonyl (C=O) groups is 2. The summed E-state index contributed by atoms with van der Waals surface area (Å²) >= 11 is 1.33. The Kier molecular flexibility index (Phi) is 7.22. The Labute approximate surface area is 198 Å². The molecule has 0 unspecified atom stereocenters. The number of rotatable bonds is 6. The first kappa shape index (κ1) is 25.3. The summed E-state index contributed by atoms with van der Waals surface area (Å²) in [5.74, 6) is 0.213. The summed E-state index contributed by atoms with van der Waals surface area (Å²) in [6.07, 6.45) is 9.93. The monoisotopic (exact) mass is 459 g/mol. The Morgan fingerprint density at radius 3 is 2.59 bits per heavy atom. The molecule has 0 saturated heterocycles. The molecule has 3 rings (SSSR count). The van der Waals surface area contributed by atoms with Gasteiger partial charge in [-0.25, -0.2) is 0 Å². The molecule has 4 nitrogen and oxygen atoms in total. The van der Waals surface area contributed by atoms with Gasteiger partial charge in [-0.1, -0.05) is 57.4 Å². The van der Waals surface area contributed by atoms with Crippen LogP contribution in [0.3, 0.4) is 0 Å². The molecule has 5 heteroatoms. The lowest BCUT2D eigenvalue weighted by atomic mass is 9.52. The highest BCUT2D eigenvalue weighted by Gasteiger charge is 2.54. The molecule has 6 atom stereocenters. The molecule has 2 N–H and O–H groups in total. The van der Waals surface area contributed by atoms with Gasteiger partial charge < -0.3 is 10.4 Å². The van der Waals surface area contributed by atoms with E-state index in [9.17, 15) is 14.7 Å². The molecule has 178 valence electrons. The zero-order chi connectivity index (χ0) is 24.0. The number of thioether (sulfide) groups is 1. The van der Waals surface area contributed by atoms with Crippen molar-refractivity contribution in [2.24, 2.45) is 35.0 Å². The number of ketones is 1. The Hall–Kier alpha value is -1.33. The first-order chi connectivity index (χ1) is 14.9. The summed E-state index contributed by atoms with van der Waals surface area (Å²) in [6.45, 7) is 14.9. The normalized spacial score (nSPS) is 38.0. The quantitative estimate of drug-likeness (QED) is 0.399. The fourth-order valence-corrected chi connectivity index (χ4v) is 7.72. The molecule has 32 heavy (non-hydrogen) atoms. The Bertz CT molecular complexity index is 885. The van der Waals surface area contributed by atoms with E-state index < -0.39 is 11.6 Å². The minimum absolute atomic E-state index is 0.00109. The number of Topliss-reactive ketones (excluding diaryl/α,β-unsaturated/α-hetero) is 1. The topological polar surface area (TPSA) is 66.4 Å². The van der Waals surface area contributed by atoms with Crippen molar-refractivity contribution in [2.45, 2.75) is 79.9 Å². The van der Waals surface area contributed by atoms with Gasteiger partial charge in [0.05, 0.1) is 10.5 Å². The third-order valence-corrected chi connectivity index (χ3v) is 8.95. The predicted molar refractivity (Wildman–Crippen MR) is 133 cm³/mol. The minimum Gasteiger partial charge on any atom is -0.366 e. The van der Waals surface area contributed by atoms with Crippen LogP contribution in [0.2, 0.25) is 0 Å². The third kappa shape index (κ3) is 4.27. The number of allylic oxidation sites excluding steroid dienone is 4. The van der Waals surface area contributed by atoms with Gasteiger partial charge in [0.2, 0.25) is 0 Å². The van der Waals surface area contributed by atoms with Gasteiger partial charge >= 0.3 is 0 Å². The molecule has 2 aliphatic carbocycles. The van der Waals surface area contributed by atoms with Crippen molar-refractivity contribution in [3.8, 4) is 0 Å². The summed E-state index contributed by atoms with van der Waals surface area (Å²) in [6, 6.07) is 0. The van der Waals surface area contributed by atoms with Crippen LogP contribution in [0, 0.1) is 35.0 Å². The standard InChI is InChI=1S/C27H41NO3S/c1-9-17(5)20-18(6)14-26(7)13-16(4)10-11-19(26)21(20)23(29)22-24(32-8)27(31,12-15(2)3)28-25(22)30/h9,14-16,19-21,31H,10-13H2,1-8H3,(H,28,30)/b17-9+/t16-,19+,20-,21+,26+,27+/m0/s1. The number of aliphatic hydroxyl groups is 1. The number of nitrogens with one attached hydrogen (secondary N) is 1. The molecule has 1 heterocycles. The lowest BCUT2D eigenvalue weighted by Gasteiger charge is -2.52. The van der Waals surface area contributed by atoms with Crippen molar-refractivity contribution in [1.29, 1.82) is 0 Å². The highest BCUT2D eigenvalue weighted by molar-refractivity contribution is 8.02. The zero-order valence-electron chi connectivity index (χ0n) is 21.0. The van der Waals surface area contributed by atoms with E-state index in [1.54, 1.807) is 0 Å². The third-order valence-electron chi connectivity index (χ3n) is 8.00. The van der Waals surface area contributed by atoms with Crippen LogP contribution in [0.4, 0.5) is 0 Å². The smallest absolute Gasteiger partial charge is 0.258 e. The molecule has 1 saturated carbocycles. The maximum atomic E-state index is 14.3. The Balaban J connectivity index is 2.15. The SMILES string of the molecule is C/C=C(\C)[C@H]1C(C)=C[C@@]2(C)C[C@@H](C)CC[C@@H]2[C@H]1C(=O)C1=C(SC)[C@](O)(CC(C)C)NC1=O. The van der Waals surface area contributed by atoms with Gasteiger partial charge in [-0.05, 0) is 63.0 Å². The van der Waals surface area contributed by atoms with Gasteiger partial charge in [-0.15, -0.1) is 11.8 Å². The number of carbonyl (C=O) groups excluding carboxylic acids is 2. The number of amides is 1. The van der Waals surface area contributed by atoms with Crippen LogP contribution in [0.25, 0.3) is 0 Å². The van der Waals surface area contributed by atoms with Crippen molar-refractivity contribution < 1.29 is 14.7 Å². The van der Waals surface area contributed by atoms with E-state index in [0.29, 0.717) is 17.2 Å². The summed E-state index contributed by atoms with van der Waals surface area (Å²) in [5.41, 5.74) is 1.10. The summed E-state index contributed by atoms with van der Waals surface area (Å²) in [5, 5.41) is 14.1. The average Bonchev–Trinajstić information content (AvgIpc) is 2.93. The van der Waals surface area contributed by atoms with Crippen molar-refractivity contribution in [3.63, 3.8) is 0 Å². The van der Waals surface area contributed by atoms with Crippen LogP contribution in [-0.4, -0.2) is 28.8 Å². The molecule has 0 aromatic rings. The fourth-order valence-electron chi connectivity index (χ4n) is 6.85. The molecule has 3 aliphatic rings. The van der Waals surface area contributed by atoms with Crippen LogP contribution >= 0.6 is 11.8 Å². The van der Waals surface area contributed by atoms with Crippen LogP contribution in [-0.2, 0) is 9.59 Å². The number of fused-ring (bicyclic) bond motifs is 1. The largest absolute Gasteiger partial charge is 0.366 e. The summed E-state index contributed by atoms with van der Waals surface area (Å²) in [7, 11) is 0. The molecule has 1 amide bonds. The van der Waals surface area contributed by atoms with Crippen LogP contribution in [0.15, 0.2) is 33.8 Å². The Morgan fingerprint density at radius 1 is 1.38 bits per heavy atom. The lowest BCUT2D eigenvalue weighted by Crippen LogP contribution is -2.48. The Morgan fingerprint density at radius 2 is 2.03 bits per heavy atom. The molecular weight excluding hydrogens is 418 g/mol. The number of hydrogen-bond donors (Lipinski definition) is 2. The van der Waals surface area contributed by atoms with Gasteiger partial charge in [-0.2, -0.15) is 0 Å². The van der Waals surface area contributed by atoms with E-state index in [0.717, 1.165) is 19.3 Å². The van der Waals surface area contributed by atoms with E-state index in [1.807, 2.05) is 27.0 Å². The second kappa shape index (κ2) is 9.13. The van der Waals surface area contributed by atoms with Crippen LogP contribution in [0.1, 0.15) is 74.1 Å². The van der Waals surface area contributed by atoms with Crippen molar-refractivity contribution >= 4 is 23.5 Å². The average molecular weight is 460 g/mol.